The molecule has 0 bridgehead atoms. The number of benzene rings is 1. The van der Waals surface area contributed by atoms with Gasteiger partial charge >= 0.3 is 0 Å². The summed E-state index contributed by atoms with van der Waals surface area (Å²) in [5.74, 6) is 0.828. The quantitative estimate of drug-likeness (QED) is 0.867. The summed E-state index contributed by atoms with van der Waals surface area (Å²) >= 11 is 0. The van der Waals surface area contributed by atoms with E-state index >= 15 is 0 Å². The van der Waals surface area contributed by atoms with Gasteiger partial charge in [0.05, 0.1) is 18.2 Å². The zero-order valence-electron chi connectivity index (χ0n) is 10.8. The third kappa shape index (κ3) is 4.27. The van der Waals surface area contributed by atoms with Gasteiger partial charge in [0, 0.05) is 19.6 Å². The molecular weight excluding hydrogens is 242 g/mol. The molecule has 1 aromatic rings. The number of rotatable bonds is 4. The summed E-state index contributed by atoms with van der Waals surface area (Å²) in [4.78, 5) is 13.5. The molecule has 0 aromatic heterocycles. The minimum absolute atomic E-state index is 0.0795. The van der Waals surface area contributed by atoms with Gasteiger partial charge in [0.25, 0.3) is 0 Å². The smallest absolute Gasteiger partial charge is 0.234 e. The Balaban J connectivity index is 1.76. The summed E-state index contributed by atoms with van der Waals surface area (Å²) < 4.78 is 5.60. The maximum absolute atomic E-state index is 11.4. The number of nitrogens with one attached hydrogen (secondary N) is 1. The standard InChI is InChI=1S/C14H17N3O2/c15-10-12-2-4-13(5-3-12)19-9-8-17-7-1-6-16-14(18)11-17/h2-5H,1,6-9,11H2,(H,16,18). The van der Waals surface area contributed by atoms with E-state index in [1.807, 2.05) is 0 Å². The Bertz CT molecular complexity index is 465. The van der Waals surface area contributed by atoms with E-state index < -0.39 is 0 Å². The largest absolute Gasteiger partial charge is 0.492 e. The molecule has 0 spiro atoms. The molecule has 0 aliphatic carbocycles. The van der Waals surface area contributed by atoms with E-state index in [-0.39, 0.29) is 5.91 Å². The van der Waals surface area contributed by atoms with Crippen LogP contribution in [0.4, 0.5) is 0 Å². The van der Waals surface area contributed by atoms with Crippen LogP contribution in [0.2, 0.25) is 0 Å². The van der Waals surface area contributed by atoms with Crippen molar-refractivity contribution < 1.29 is 9.53 Å². The zero-order valence-corrected chi connectivity index (χ0v) is 10.8. The highest BCUT2D eigenvalue weighted by atomic mass is 16.5. The molecule has 0 radical (unpaired) electrons. The van der Waals surface area contributed by atoms with E-state index in [4.69, 9.17) is 10.00 Å². The van der Waals surface area contributed by atoms with Crippen molar-refractivity contribution in [2.75, 3.05) is 32.8 Å². The SMILES string of the molecule is N#Cc1ccc(OCCN2CCCNC(=O)C2)cc1. The van der Waals surface area contributed by atoms with Gasteiger partial charge in [0.1, 0.15) is 12.4 Å². The second kappa shape index (κ2) is 6.76. The Hall–Kier alpha value is -2.06. The van der Waals surface area contributed by atoms with Gasteiger partial charge < -0.3 is 10.1 Å². The Kier molecular flexibility index (Phi) is 4.76. The molecule has 2 rings (SSSR count). The van der Waals surface area contributed by atoms with Crippen molar-refractivity contribution in [2.45, 2.75) is 6.42 Å². The van der Waals surface area contributed by atoms with Gasteiger partial charge in [0.2, 0.25) is 5.91 Å². The highest BCUT2D eigenvalue weighted by Crippen LogP contribution is 2.11. The minimum Gasteiger partial charge on any atom is -0.492 e. The molecule has 100 valence electrons. The molecule has 0 atom stereocenters. The van der Waals surface area contributed by atoms with Gasteiger partial charge in [-0.3, -0.25) is 9.69 Å². The number of hydrogen-bond acceptors (Lipinski definition) is 4. The normalized spacial score (nSPS) is 16.3. The number of nitriles is 1. The van der Waals surface area contributed by atoms with Gasteiger partial charge in [-0.15, -0.1) is 0 Å². The first-order valence-electron chi connectivity index (χ1n) is 6.40. The fourth-order valence-corrected chi connectivity index (χ4v) is 1.98. The van der Waals surface area contributed by atoms with E-state index in [2.05, 4.69) is 16.3 Å². The summed E-state index contributed by atoms with van der Waals surface area (Å²) in [5.41, 5.74) is 0.622. The highest BCUT2D eigenvalue weighted by Gasteiger charge is 2.13. The summed E-state index contributed by atoms with van der Waals surface area (Å²) in [6.07, 6.45) is 0.975. The van der Waals surface area contributed by atoms with Crippen LogP contribution in [-0.2, 0) is 4.79 Å². The van der Waals surface area contributed by atoms with E-state index in [1.165, 1.54) is 0 Å². The van der Waals surface area contributed by atoms with Crippen molar-refractivity contribution in [1.29, 1.82) is 5.26 Å². The molecule has 1 N–H and O–H groups in total. The van der Waals surface area contributed by atoms with E-state index in [1.54, 1.807) is 24.3 Å². The number of hydrogen-bond donors (Lipinski definition) is 1. The van der Waals surface area contributed by atoms with Crippen LogP contribution in [0.5, 0.6) is 5.75 Å². The van der Waals surface area contributed by atoms with Crippen molar-refractivity contribution in [3.63, 3.8) is 0 Å². The summed E-state index contributed by atoms with van der Waals surface area (Å²) in [7, 11) is 0. The Morgan fingerprint density at radius 3 is 2.89 bits per heavy atom. The van der Waals surface area contributed by atoms with E-state index in [0.29, 0.717) is 18.7 Å². The average Bonchev–Trinajstić information content (AvgIpc) is 2.64. The molecule has 1 heterocycles. The topological polar surface area (TPSA) is 65.4 Å². The van der Waals surface area contributed by atoms with Crippen LogP contribution < -0.4 is 10.1 Å². The lowest BCUT2D eigenvalue weighted by atomic mass is 10.2. The van der Waals surface area contributed by atoms with Gasteiger partial charge in [0.15, 0.2) is 0 Å². The maximum atomic E-state index is 11.4. The van der Waals surface area contributed by atoms with Crippen LogP contribution in [-0.4, -0.2) is 43.6 Å². The molecule has 0 unspecified atom stereocenters. The third-order valence-corrected chi connectivity index (χ3v) is 3.00. The van der Waals surface area contributed by atoms with Crippen LogP contribution in [0.1, 0.15) is 12.0 Å². The molecule has 1 aromatic carbocycles. The Morgan fingerprint density at radius 1 is 1.37 bits per heavy atom. The first-order chi connectivity index (χ1) is 9.28. The number of ether oxygens (including phenoxy) is 1. The van der Waals surface area contributed by atoms with Crippen LogP contribution >= 0.6 is 0 Å². The number of amides is 1. The molecule has 1 aliphatic heterocycles. The number of carbonyl (C=O) groups is 1. The fraction of sp³-hybridized carbons (Fsp3) is 0.429. The zero-order chi connectivity index (χ0) is 13.5. The molecule has 1 amide bonds. The lowest BCUT2D eigenvalue weighted by Gasteiger charge is -2.18. The molecule has 5 heteroatoms. The second-order valence-corrected chi connectivity index (χ2v) is 4.46. The molecule has 0 saturated carbocycles. The minimum atomic E-state index is 0.0795. The molecule has 1 aliphatic rings. The van der Waals surface area contributed by atoms with Gasteiger partial charge in [-0.25, -0.2) is 0 Å². The second-order valence-electron chi connectivity index (χ2n) is 4.46. The Morgan fingerprint density at radius 2 is 2.16 bits per heavy atom. The first-order valence-corrected chi connectivity index (χ1v) is 6.40. The van der Waals surface area contributed by atoms with E-state index in [0.717, 1.165) is 31.8 Å². The number of carbonyl (C=O) groups excluding carboxylic acids is 1. The van der Waals surface area contributed by atoms with Crippen LogP contribution in [0.15, 0.2) is 24.3 Å². The average molecular weight is 259 g/mol. The van der Waals surface area contributed by atoms with Crippen LogP contribution in [0.3, 0.4) is 0 Å². The van der Waals surface area contributed by atoms with Crippen molar-refractivity contribution >= 4 is 5.91 Å². The van der Waals surface area contributed by atoms with Crippen molar-refractivity contribution in [3.05, 3.63) is 29.8 Å². The maximum Gasteiger partial charge on any atom is 0.234 e. The Labute approximate surface area is 112 Å². The molecular formula is C14H17N3O2. The van der Waals surface area contributed by atoms with Crippen LogP contribution in [0, 0.1) is 11.3 Å². The summed E-state index contributed by atoms with van der Waals surface area (Å²) in [5, 5.41) is 11.5. The molecule has 1 saturated heterocycles. The summed E-state index contributed by atoms with van der Waals surface area (Å²) in [6, 6.07) is 9.10. The third-order valence-electron chi connectivity index (χ3n) is 3.00. The van der Waals surface area contributed by atoms with Gasteiger partial charge in [-0.1, -0.05) is 0 Å². The lowest BCUT2D eigenvalue weighted by molar-refractivity contribution is -0.121. The van der Waals surface area contributed by atoms with Gasteiger partial charge in [-0.2, -0.15) is 5.26 Å². The van der Waals surface area contributed by atoms with Crippen molar-refractivity contribution in [2.24, 2.45) is 0 Å². The first kappa shape index (κ1) is 13.4. The molecule has 19 heavy (non-hydrogen) atoms. The fourth-order valence-electron chi connectivity index (χ4n) is 1.98. The summed E-state index contributed by atoms with van der Waals surface area (Å²) in [6.45, 7) is 3.38. The lowest BCUT2D eigenvalue weighted by Crippen LogP contribution is -2.35. The highest BCUT2D eigenvalue weighted by molar-refractivity contribution is 5.78. The predicted octanol–water partition coefficient (Wildman–Crippen LogP) is 0.759. The van der Waals surface area contributed by atoms with Crippen molar-refractivity contribution in [1.82, 2.24) is 10.2 Å². The number of nitrogens with zero attached hydrogens (tertiary/aromatic N) is 2. The van der Waals surface area contributed by atoms with E-state index in [9.17, 15) is 4.79 Å². The molecule has 5 nitrogen and oxygen atoms in total. The monoisotopic (exact) mass is 259 g/mol. The van der Waals surface area contributed by atoms with Crippen molar-refractivity contribution in [3.8, 4) is 11.8 Å². The molecule has 1 fully saturated rings. The van der Waals surface area contributed by atoms with Crippen LogP contribution in [0.25, 0.3) is 0 Å². The van der Waals surface area contributed by atoms with Gasteiger partial charge in [-0.05, 0) is 30.7 Å². The predicted molar refractivity (Wildman–Crippen MR) is 70.7 cm³/mol.